The molecule has 2 N–H and O–H groups in total. The van der Waals surface area contributed by atoms with Gasteiger partial charge in [-0.05, 0) is 6.07 Å². The molecule has 0 saturated carbocycles. The minimum Gasteiger partial charge on any atom is -0.320 e. The zero-order valence-corrected chi connectivity index (χ0v) is 11.4. The first-order chi connectivity index (χ1) is 9.56. The quantitative estimate of drug-likeness (QED) is 0.654. The van der Waals surface area contributed by atoms with Crippen LogP contribution in [0.2, 0.25) is 0 Å². The van der Waals surface area contributed by atoms with Gasteiger partial charge in [-0.1, -0.05) is 0 Å². The van der Waals surface area contributed by atoms with Crippen LogP contribution in [0.1, 0.15) is 6.42 Å². The van der Waals surface area contributed by atoms with Gasteiger partial charge in [0.2, 0.25) is 5.91 Å². The van der Waals surface area contributed by atoms with Gasteiger partial charge in [0.1, 0.15) is 11.5 Å². The Balaban J connectivity index is 2.03. The monoisotopic (exact) mass is 299 g/mol. The van der Waals surface area contributed by atoms with E-state index < -0.39 is 10.7 Å². The Morgan fingerprint density at radius 2 is 2.40 bits per heavy atom. The van der Waals surface area contributed by atoms with E-state index in [1.807, 2.05) is 0 Å². The minimum absolute atomic E-state index is 0.0429. The Kier molecular flexibility index (Phi) is 4.91. The third-order valence-corrected chi connectivity index (χ3v) is 3.99. The molecule has 1 aliphatic heterocycles. The highest BCUT2D eigenvalue weighted by Crippen LogP contribution is 2.25. The molecule has 0 bridgehead atoms. The maximum Gasteiger partial charge on any atom is 0.292 e. The van der Waals surface area contributed by atoms with E-state index in [0.29, 0.717) is 0 Å². The molecule has 1 aliphatic rings. The van der Waals surface area contributed by atoms with Gasteiger partial charge in [0.15, 0.2) is 0 Å². The molecule has 1 heterocycles. The van der Waals surface area contributed by atoms with Gasteiger partial charge in [0, 0.05) is 42.6 Å². The number of thioether (sulfide) groups is 1. The van der Waals surface area contributed by atoms with Crippen molar-refractivity contribution in [1.82, 2.24) is 5.32 Å². The Morgan fingerprint density at radius 3 is 3.05 bits per heavy atom. The lowest BCUT2D eigenvalue weighted by atomic mass is 10.2. The van der Waals surface area contributed by atoms with Crippen LogP contribution in [0, 0.1) is 15.9 Å². The number of halogens is 1. The van der Waals surface area contributed by atoms with E-state index in [2.05, 4.69) is 10.6 Å². The third kappa shape index (κ3) is 3.91. The van der Waals surface area contributed by atoms with E-state index >= 15 is 0 Å². The number of benzene rings is 1. The number of carbonyl (C=O) groups excluding carboxylic acids is 1. The van der Waals surface area contributed by atoms with Gasteiger partial charge in [0.05, 0.1) is 4.92 Å². The summed E-state index contributed by atoms with van der Waals surface area (Å²) in [6, 6.07) is 3.03. The van der Waals surface area contributed by atoms with Crippen molar-refractivity contribution in [3.8, 4) is 0 Å². The number of hydrogen-bond donors (Lipinski definition) is 2. The van der Waals surface area contributed by atoms with Crippen molar-refractivity contribution in [2.75, 3.05) is 23.4 Å². The zero-order chi connectivity index (χ0) is 14.5. The van der Waals surface area contributed by atoms with Crippen LogP contribution < -0.4 is 10.6 Å². The van der Waals surface area contributed by atoms with E-state index in [0.717, 1.165) is 36.2 Å². The SMILES string of the molecule is O=C(CC1CSCCN1)Nc1cc(F)ccc1[N+](=O)[O-]. The molecule has 1 aromatic rings. The van der Waals surface area contributed by atoms with Crippen LogP contribution in [-0.2, 0) is 4.79 Å². The maximum absolute atomic E-state index is 13.1. The van der Waals surface area contributed by atoms with Crippen LogP contribution in [0.25, 0.3) is 0 Å². The number of nitro groups is 1. The largest absolute Gasteiger partial charge is 0.320 e. The second kappa shape index (κ2) is 6.67. The Hall–Kier alpha value is -1.67. The summed E-state index contributed by atoms with van der Waals surface area (Å²) in [5, 5.41) is 16.4. The van der Waals surface area contributed by atoms with Crippen molar-refractivity contribution in [2.45, 2.75) is 12.5 Å². The topological polar surface area (TPSA) is 84.3 Å². The summed E-state index contributed by atoms with van der Waals surface area (Å²) in [5.41, 5.74) is -0.422. The Morgan fingerprint density at radius 1 is 1.60 bits per heavy atom. The number of anilines is 1. The van der Waals surface area contributed by atoms with Crippen LogP contribution in [0.4, 0.5) is 15.8 Å². The Bertz CT molecular complexity index is 521. The first kappa shape index (κ1) is 14.7. The van der Waals surface area contributed by atoms with Gasteiger partial charge < -0.3 is 10.6 Å². The first-order valence-electron chi connectivity index (χ1n) is 6.11. The number of nitrogens with one attached hydrogen (secondary N) is 2. The predicted molar refractivity (Wildman–Crippen MR) is 75.4 cm³/mol. The fraction of sp³-hybridized carbons (Fsp3) is 0.417. The molecule has 1 saturated heterocycles. The van der Waals surface area contributed by atoms with E-state index in [4.69, 9.17) is 0 Å². The molecular weight excluding hydrogens is 285 g/mol. The van der Waals surface area contributed by atoms with Crippen molar-refractivity contribution in [3.63, 3.8) is 0 Å². The second-order valence-electron chi connectivity index (χ2n) is 4.40. The van der Waals surface area contributed by atoms with Gasteiger partial charge in [-0.15, -0.1) is 0 Å². The predicted octanol–water partition coefficient (Wildman–Crippen LogP) is 1.77. The normalized spacial score (nSPS) is 18.6. The van der Waals surface area contributed by atoms with Gasteiger partial charge >= 0.3 is 0 Å². The number of carbonyl (C=O) groups is 1. The molecule has 1 unspecified atom stereocenters. The first-order valence-corrected chi connectivity index (χ1v) is 7.26. The molecule has 1 fully saturated rings. The van der Waals surface area contributed by atoms with Gasteiger partial charge in [-0.3, -0.25) is 14.9 Å². The lowest BCUT2D eigenvalue weighted by Gasteiger charge is -2.22. The highest BCUT2D eigenvalue weighted by molar-refractivity contribution is 7.99. The molecule has 1 atom stereocenters. The highest BCUT2D eigenvalue weighted by Gasteiger charge is 2.20. The lowest BCUT2D eigenvalue weighted by Crippen LogP contribution is -2.39. The smallest absolute Gasteiger partial charge is 0.292 e. The van der Waals surface area contributed by atoms with Crippen LogP contribution in [0.5, 0.6) is 0 Å². The summed E-state index contributed by atoms with van der Waals surface area (Å²) in [6.45, 7) is 0.836. The van der Waals surface area contributed by atoms with Gasteiger partial charge in [0.25, 0.3) is 5.69 Å². The zero-order valence-electron chi connectivity index (χ0n) is 10.6. The molecule has 0 aliphatic carbocycles. The van der Waals surface area contributed by atoms with Crippen molar-refractivity contribution in [3.05, 3.63) is 34.1 Å². The van der Waals surface area contributed by atoms with Crippen molar-refractivity contribution in [2.24, 2.45) is 0 Å². The average molecular weight is 299 g/mol. The molecule has 0 aromatic heterocycles. The molecule has 108 valence electrons. The average Bonchev–Trinajstić information content (AvgIpc) is 2.39. The fourth-order valence-corrected chi connectivity index (χ4v) is 2.89. The van der Waals surface area contributed by atoms with E-state index in [9.17, 15) is 19.3 Å². The van der Waals surface area contributed by atoms with Gasteiger partial charge in [-0.2, -0.15) is 11.8 Å². The summed E-state index contributed by atoms with van der Waals surface area (Å²) in [4.78, 5) is 22.0. The molecule has 1 amide bonds. The van der Waals surface area contributed by atoms with Crippen LogP contribution in [0.3, 0.4) is 0 Å². The third-order valence-electron chi connectivity index (χ3n) is 2.86. The molecule has 0 radical (unpaired) electrons. The lowest BCUT2D eigenvalue weighted by molar-refractivity contribution is -0.384. The fourth-order valence-electron chi connectivity index (χ4n) is 1.94. The Labute approximate surface area is 119 Å². The van der Waals surface area contributed by atoms with E-state index in [1.54, 1.807) is 11.8 Å². The minimum atomic E-state index is -0.649. The van der Waals surface area contributed by atoms with E-state index in [1.165, 1.54) is 0 Å². The molecular formula is C12H14FN3O3S. The number of rotatable bonds is 4. The summed E-state index contributed by atoms with van der Waals surface area (Å²) in [6.07, 6.45) is 0.209. The van der Waals surface area contributed by atoms with Crippen LogP contribution in [0.15, 0.2) is 18.2 Å². The van der Waals surface area contributed by atoms with Crippen LogP contribution >= 0.6 is 11.8 Å². The molecule has 0 spiro atoms. The van der Waals surface area contributed by atoms with E-state index in [-0.39, 0.29) is 29.7 Å². The number of amides is 1. The van der Waals surface area contributed by atoms with Gasteiger partial charge in [-0.25, -0.2) is 4.39 Å². The van der Waals surface area contributed by atoms with Crippen LogP contribution in [-0.4, -0.2) is 34.9 Å². The van der Waals surface area contributed by atoms with Crippen molar-refractivity contribution in [1.29, 1.82) is 0 Å². The van der Waals surface area contributed by atoms with Crippen molar-refractivity contribution >= 4 is 29.0 Å². The highest BCUT2D eigenvalue weighted by atomic mass is 32.2. The summed E-state index contributed by atoms with van der Waals surface area (Å²) in [5.74, 6) is 0.836. The number of nitro benzene ring substituents is 1. The molecule has 2 rings (SSSR count). The molecule has 6 nitrogen and oxygen atoms in total. The summed E-state index contributed by atoms with van der Waals surface area (Å²) < 4.78 is 13.1. The van der Waals surface area contributed by atoms with Crippen molar-refractivity contribution < 1.29 is 14.1 Å². The summed E-state index contributed by atoms with van der Waals surface area (Å²) in [7, 11) is 0. The number of nitrogens with zero attached hydrogens (tertiary/aromatic N) is 1. The second-order valence-corrected chi connectivity index (χ2v) is 5.55. The molecule has 20 heavy (non-hydrogen) atoms. The maximum atomic E-state index is 13.1. The molecule has 1 aromatic carbocycles. The molecule has 8 heteroatoms. The standard InChI is InChI=1S/C12H14FN3O3S/c13-8-1-2-11(16(18)19)10(5-8)15-12(17)6-9-7-20-4-3-14-9/h1-2,5,9,14H,3-4,6-7H2,(H,15,17). The number of hydrogen-bond acceptors (Lipinski definition) is 5. The summed E-state index contributed by atoms with van der Waals surface area (Å²) >= 11 is 1.75.